The molecule has 0 saturated heterocycles. The third kappa shape index (κ3) is 2.42. The summed E-state index contributed by atoms with van der Waals surface area (Å²) in [5.41, 5.74) is -0.0164. The van der Waals surface area contributed by atoms with E-state index in [1.165, 1.54) is 0 Å². The van der Waals surface area contributed by atoms with Gasteiger partial charge in [0.05, 0.1) is 5.60 Å². The van der Waals surface area contributed by atoms with Crippen molar-refractivity contribution >= 4 is 33.1 Å². The maximum atomic E-state index is 5.41. The van der Waals surface area contributed by atoms with E-state index in [-0.39, 0.29) is 5.60 Å². The Labute approximate surface area is 87.0 Å². The number of rotatable bonds is 4. The largest absolute Gasteiger partial charge is 0.412 e. The van der Waals surface area contributed by atoms with Gasteiger partial charge in [0.25, 0.3) is 0 Å². The van der Waals surface area contributed by atoms with E-state index in [0.29, 0.717) is 11.8 Å². The second kappa shape index (κ2) is 4.82. The smallest absolute Gasteiger partial charge is 0.247 e. The molecule has 0 fully saturated rings. The van der Waals surface area contributed by atoms with Crippen molar-refractivity contribution in [3.8, 4) is 0 Å². The molecular formula is C8H16IOSi. The SMILES string of the molecule is CC(C)C(CI)(O[Si])C(C)C. The molecule has 0 N–H and O–H groups in total. The lowest BCUT2D eigenvalue weighted by atomic mass is 9.82. The molecule has 3 heteroatoms. The Morgan fingerprint density at radius 3 is 1.64 bits per heavy atom. The van der Waals surface area contributed by atoms with Gasteiger partial charge < -0.3 is 4.43 Å². The fourth-order valence-corrected chi connectivity index (χ4v) is 3.99. The van der Waals surface area contributed by atoms with Crippen LogP contribution in [-0.4, -0.2) is 20.5 Å². The zero-order chi connectivity index (χ0) is 9.07. The Morgan fingerprint density at radius 1 is 1.27 bits per heavy atom. The molecule has 0 unspecified atom stereocenters. The number of hydrogen-bond donors (Lipinski definition) is 0. The highest BCUT2D eigenvalue weighted by Crippen LogP contribution is 2.31. The van der Waals surface area contributed by atoms with Crippen LogP contribution in [0.3, 0.4) is 0 Å². The van der Waals surface area contributed by atoms with E-state index in [0.717, 1.165) is 4.43 Å². The summed E-state index contributed by atoms with van der Waals surface area (Å²) in [4.78, 5) is 0. The van der Waals surface area contributed by atoms with Crippen LogP contribution >= 0.6 is 22.6 Å². The van der Waals surface area contributed by atoms with Gasteiger partial charge in [-0.25, -0.2) is 0 Å². The summed E-state index contributed by atoms with van der Waals surface area (Å²) in [6, 6.07) is 0. The molecule has 0 bridgehead atoms. The van der Waals surface area contributed by atoms with Crippen molar-refractivity contribution in [2.45, 2.75) is 33.3 Å². The summed E-state index contributed by atoms with van der Waals surface area (Å²) in [5.74, 6) is 1.08. The van der Waals surface area contributed by atoms with E-state index < -0.39 is 0 Å². The highest BCUT2D eigenvalue weighted by Gasteiger charge is 2.35. The van der Waals surface area contributed by atoms with Crippen LogP contribution in [-0.2, 0) is 4.43 Å². The quantitative estimate of drug-likeness (QED) is 0.438. The number of alkyl halides is 1. The van der Waals surface area contributed by atoms with Crippen LogP contribution in [0, 0.1) is 11.8 Å². The van der Waals surface area contributed by atoms with E-state index in [4.69, 9.17) is 4.43 Å². The Morgan fingerprint density at radius 2 is 1.64 bits per heavy atom. The maximum absolute atomic E-state index is 5.41. The average Bonchev–Trinajstić information content (AvgIpc) is 1.90. The minimum Gasteiger partial charge on any atom is -0.412 e. The molecule has 0 aliphatic carbocycles. The molecule has 0 rings (SSSR count). The minimum atomic E-state index is -0.0164. The van der Waals surface area contributed by atoms with Crippen LogP contribution in [0.15, 0.2) is 0 Å². The van der Waals surface area contributed by atoms with Gasteiger partial charge in [0.2, 0.25) is 10.5 Å². The van der Waals surface area contributed by atoms with E-state index in [9.17, 15) is 0 Å². The molecule has 1 nitrogen and oxygen atoms in total. The van der Waals surface area contributed by atoms with Crippen LogP contribution in [0.1, 0.15) is 27.7 Å². The Bertz CT molecular complexity index is 101. The first-order valence-electron chi connectivity index (χ1n) is 3.92. The van der Waals surface area contributed by atoms with E-state index in [1.807, 2.05) is 0 Å². The topological polar surface area (TPSA) is 9.23 Å². The maximum Gasteiger partial charge on any atom is 0.247 e. The van der Waals surface area contributed by atoms with Crippen molar-refractivity contribution < 1.29 is 4.43 Å². The molecule has 0 aromatic carbocycles. The molecule has 11 heavy (non-hydrogen) atoms. The standard InChI is InChI=1S/C8H16IOSi/c1-6(2)8(5-9,10-11)7(3)4/h6-7H,5H2,1-4H3. The van der Waals surface area contributed by atoms with Gasteiger partial charge in [-0.15, -0.1) is 0 Å². The lowest BCUT2D eigenvalue weighted by molar-refractivity contribution is 0.0119. The lowest BCUT2D eigenvalue weighted by Gasteiger charge is -2.39. The van der Waals surface area contributed by atoms with Crippen molar-refractivity contribution in [3.05, 3.63) is 0 Å². The molecule has 0 saturated carbocycles. The fraction of sp³-hybridized carbons (Fsp3) is 1.00. The monoisotopic (exact) mass is 283 g/mol. The third-order valence-electron chi connectivity index (χ3n) is 2.35. The molecular weight excluding hydrogens is 267 g/mol. The fourth-order valence-electron chi connectivity index (χ4n) is 1.24. The molecule has 0 heterocycles. The van der Waals surface area contributed by atoms with Crippen molar-refractivity contribution in [3.63, 3.8) is 0 Å². The first-order chi connectivity index (χ1) is 5.01. The highest BCUT2D eigenvalue weighted by atomic mass is 127. The second-order valence-electron chi connectivity index (χ2n) is 3.50. The van der Waals surface area contributed by atoms with Crippen molar-refractivity contribution in [1.82, 2.24) is 0 Å². The summed E-state index contributed by atoms with van der Waals surface area (Å²) >= 11 is 2.38. The van der Waals surface area contributed by atoms with Gasteiger partial charge in [-0.3, -0.25) is 0 Å². The Hall–Kier alpha value is 0.907. The van der Waals surface area contributed by atoms with Crippen LogP contribution in [0.4, 0.5) is 0 Å². The van der Waals surface area contributed by atoms with Gasteiger partial charge in [-0.2, -0.15) is 0 Å². The molecule has 0 aromatic heterocycles. The second-order valence-corrected chi connectivity index (χ2v) is 4.47. The predicted molar refractivity (Wildman–Crippen MR) is 58.1 cm³/mol. The van der Waals surface area contributed by atoms with Gasteiger partial charge in [0, 0.05) is 4.43 Å². The van der Waals surface area contributed by atoms with Crippen LogP contribution < -0.4 is 0 Å². The van der Waals surface area contributed by atoms with Gasteiger partial charge in [0.15, 0.2) is 0 Å². The van der Waals surface area contributed by atoms with Crippen molar-refractivity contribution in [2.24, 2.45) is 11.8 Å². The van der Waals surface area contributed by atoms with Gasteiger partial charge in [-0.1, -0.05) is 50.3 Å². The number of halogens is 1. The van der Waals surface area contributed by atoms with E-state index in [1.54, 1.807) is 0 Å². The van der Waals surface area contributed by atoms with E-state index in [2.05, 4.69) is 60.8 Å². The van der Waals surface area contributed by atoms with Crippen LogP contribution in [0.2, 0.25) is 0 Å². The summed E-state index contributed by atoms with van der Waals surface area (Å²) in [7, 11) is 3.18. The molecule has 0 aromatic rings. The lowest BCUT2D eigenvalue weighted by Crippen LogP contribution is -2.44. The van der Waals surface area contributed by atoms with Gasteiger partial charge >= 0.3 is 0 Å². The first kappa shape index (κ1) is 11.9. The van der Waals surface area contributed by atoms with E-state index >= 15 is 0 Å². The first-order valence-corrected chi connectivity index (χ1v) is 5.85. The van der Waals surface area contributed by atoms with Crippen molar-refractivity contribution in [1.29, 1.82) is 0 Å². The highest BCUT2D eigenvalue weighted by molar-refractivity contribution is 14.1. The third-order valence-corrected chi connectivity index (χ3v) is 3.93. The van der Waals surface area contributed by atoms with Gasteiger partial charge in [0.1, 0.15) is 0 Å². The molecule has 0 atom stereocenters. The molecule has 3 radical (unpaired) electrons. The Balaban J connectivity index is 4.46. The zero-order valence-electron chi connectivity index (χ0n) is 7.65. The Kier molecular flexibility index (Phi) is 5.21. The molecule has 0 aliphatic heterocycles. The number of hydrogen-bond acceptors (Lipinski definition) is 1. The summed E-state index contributed by atoms with van der Waals surface area (Å²) < 4.78 is 6.43. The molecule has 65 valence electrons. The predicted octanol–water partition coefficient (Wildman–Crippen LogP) is 2.57. The summed E-state index contributed by atoms with van der Waals surface area (Å²) in [6.07, 6.45) is 0. The summed E-state index contributed by atoms with van der Waals surface area (Å²) in [6.45, 7) is 8.77. The molecule has 0 aliphatic rings. The minimum absolute atomic E-state index is 0.0164. The van der Waals surface area contributed by atoms with Crippen molar-refractivity contribution in [2.75, 3.05) is 4.43 Å². The molecule has 0 spiro atoms. The van der Waals surface area contributed by atoms with Crippen LogP contribution in [0.5, 0.6) is 0 Å². The molecule has 0 amide bonds. The average molecular weight is 283 g/mol. The van der Waals surface area contributed by atoms with Crippen LogP contribution in [0.25, 0.3) is 0 Å². The normalized spacial score (nSPS) is 13.1. The summed E-state index contributed by atoms with van der Waals surface area (Å²) in [5, 5.41) is 0. The van der Waals surface area contributed by atoms with Gasteiger partial charge in [-0.05, 0) is 11.8 Å². The zero-order valence-corrected chi connectivity index (χ0v) is 10.8.